The van der Waals surface area contributed by atoms with Gasteiger partial charge < -0.3 is 10.4 Å². The normalized spacial score (nSPS) is 11.0. The molecule has 4 heteroatoms. The van der Waals surface area contributed by atoms with Crippen LogP contribution in [0.5, 0.6) is 5.75 Å². The van der Waals surface area contributed by atoms with E-state index in [0.717, 1.165) is 17.1 Å². The van der Waals surface area contributed by atoms with Crippen LogP contribution >= 0.6 is 11.8 Å². The molecule has 0 aliphatic rings. The van der Waals surface area contributed by atoms with E-state index in [1.54, 1.807) is 23.9 Å². The minimum Gasteiger partial charge on any atom is -0.508 e. The van der Waals surface area contributed by atoms with Gasteiger partial charge >= 0.3 is 0 Å². The molecule has 0 spiro atoms. The lowest BCUT2D eigenvalue weighted by molar-refractivity contribution is -0.121. The van der Waals surface area contributed by atoms with Gasteiger partial charge in [0.2, 0.25) is 5.91 Å². The summed E-state index contributed by atoms with van der Waals surface area (Å²) in [7, 11) is 0. The number of benzene rings is 1. The van der Waals surface area contributed by atoms with Gasteiger partial charge in [0.25, 0.3) is 0 Å². The maximum atomic E-state index is 11.9. The van der Waals surface area contributed by atoms with Crippen molar-refractivity contribution in [3.05, 3.63) is 24.3 Å². The van der Waals surface area contributed by atoms with Crippen LogP contribution in [0.25, 0.3) is 0 Å². The first-order valence-corrected chi connectivity index (χ1v) is 13.4. The number of aromatic hydroxyl groups is 1. The van der Waals surface area contributed by atoms with E-state index in [-0.39, 0.29) is 11.7 Å². The number of carbonyl (C=O) groups is 1. The molecule has 1 aromatic rings. The van der Waals surface area contributed by atoms with E-state index >= 15 is 0 Å². The molecule has 30 heavy (non-hydrogen) atoms. The molecule has 0 atom stereocenters. The molecule has 2 N–H and O–H groups in total. The Labute approximate surface area is 189 Å². The second-order valence-corrected chi connectivity index (χ2v) is 9.56. The molecule has 3 nitrogen and oxygen atoms in total. The third kappa shape index (κ3) is 16.6. The molecule has 172 valence electrons. The number of unbranched alkanes of at least 4 members (excludes halogenated alkanes) is 14. The summed E-state index contributed by atoms with van der Waals surface area (Å²) < 4.78 is 0. The third-order valence-corrected chi connectivity index (χ3v) is 6.55. The highest BCUT2D eigenvalue weighted by Crippen LogP contribution is 2.20. The number of rotatable bonds is 20. The molecule has 0 heterocycles. The minimum absolute atomic E-state index is 0.177. The topological polar surface area (TPSA) is 49.3 Å². The van der Waals surface area contributed by atoms with E-state index in [0.29, 0.717) is 13.0 Å². The van der Waals surface area contributed by atoms with E-state index in [9.17, 15) is 9.90 Å². The fourth-order valence-electron chi connectivity index (χ4n) is 3.65. The van der Waals surface area contributed by atoms with Crippen molar-refractivity contribution in [3.8, 4) is 5.75 Å². The van der Waals surface area contributed by atoms with Crippen molar-refractivity contribution in [2.45, 2.75) is 115 Å². The Morgan fingerprint density at radius 2 is 1.23 bits per heavy atom. The van der Waals surface area contributed by atoms with E-state index in [2.05, 4.69) is 12.2 Å². The lowest BCUT2D eigenvalue weighted by Crippen LogP contribution is -2.25. The summed E-state index contributed by atoms with van der Waals surface area (Å²) in [5.74, 6) is 1.32. The van der Waals surface area contributed by atoms with Crippen molar-refractivity contribution in [2.24, 2.45) is 0 Å². The van der Waals surface area contributed by atoms with Crippen LogP contribution in [0.15, 0.2) is 29.2 Å². The number of carbonyl (C=O) groups excluding carboxylic acids is 1. The molecule has 0 radical (unpaired) electrons. The van der Waals surface area contributed by atoms with Crippen LogP contribution in [0.1, 0.15) is 110 Å². The summed E-state index contributed by atoms with van der Waals surface area (Å²) in [5.41, 5.74) is 0. The van der Waals surface area contributed by atoms with Gasteiger partial charge in [0, 0.05) is 23.6 Å². The quantitative estimate of drug-likeness (QED) is 0.162. The predicted octanol–water partition coefficient (Wildman–Crippen LogP) is 7.86. The van der Waals surface area contributed by atoms with E-state index in [4.69, 9.17) is 0 Å². The monoisotopic (exact) mass is 435 g/mol. The Morgan fingerprint density at radius 3 is 1.73 bits per heavy atom. The zero-order chi connectivity index (χ0) is 21.7. The zero-order valence-corrected chi connectivity index (χ0v) is 20.1. The number of hydrogen-bond acceptors (Lipinski definition) is 3. The number of amides is 1. The molecule has 0 saturated heterocycles. The molecule has 0 unspecified atom stereocenters. The Kier molecular flexibility index (Phi) is 17.7. The molecule has 1 rings (SSSR count). The Bertz CT molecular complexity index is 518. The highest BCUT2D eigenvalue weighted by molar-refractivity contribution is 7.99. The first-order chi connectivity index (χ1) is 14.7. The number of thioether (sulfide) groups is 1. The molecule has 0 fully saturated rings. The van der Waals surface area contributed by atoms with Crippen molar-refractivity contribution in [1.82, 2.24) is 5.32 Å². The molecule has 1 aromatic carbocycles. The van der Waals surface area contributed by atoms with Gasteiger partial charge in [-0.05, 0) is 30.7 Å². The van der Waals surface area contributed by atoms with Gasteiger partial charge in [-0.2, -0.15) is 0 Å². The summed E-state index contributed by atoms with van der Waals surface area (Å²) in [6.07, 6.45) is 20.9. The number of hydrogen-bond donors (Lipinski definition) is 2. The Hall–Kier alpha value is -1.16. The van der Waals surface area contributed by atoms with Crippen LogP contribution < -0.4 is 5.32 Å². The van der Waals surface area contributed by atoms with Gasteiger partial charge in [0.05, 0.1) is 0 Å². The number of nitrogens with one attached hydrogen (secondary N) is 1. The molecular formula is C26H45NO2S. The Morgan fingerprint density at radius 1 is 0.767 bits per heavy atom. The van der Waals surface area contributed by atoms with Gasteiger partial charge in [-0.1, -0.05) is 96.8 Å². The third-order valence-electron chi connectivity index (χ3n) is 5.54. The maximum Gasteiger partial charge on any atom is 0.220 e. The SMILES string of the molecule is CCCCCCCCCCCCCCCCCC(=O)NCCSc1ccc(O)cc1. The average Bonchev–Trinajstić information content (AvgIpc) is 2.75. The highest BCUT2D eigenvalue weighted by Gasteiger charge is 2.01. The van der Waals surface area contributed by atoms with Crippen molar-refractivity contribution < 1.29 is 9.90 Å². The standard InChI is InChI=1S/C26H45NO2S/c1-2-3-4-5-6-7-8-9-10-11-12-13-14-15-16-17-26(29)27-22-23-30-25-20-18-24(28)19-21-25/h18-21,28H,2-17,22-23H2,1H3,(H,27,29). The van der Waals surface area contributed by atoms with E-state index < -0.39 is 0 Å². The van der Waals surface area contributed by atoms with Crippen LogP contribution in [0.3, 0.4) is 0 Å². The second kappa shape index (κ2) is 19.8. The first-order valence-electron chi connectivity index (χ1n) is 12.4. The van der Waals surface area contributed by atoms with Gasteiger partial charge in [-0.3, -0.25) is 4.79 Å². The summed E-state index contributed by atoms with van der Waals surface area (Å²) >= 11 is 1.69. The molecular weight excluding hydrogens is 390 g/mol. The van der Waals surface area contributed by atoms with Gasteiger partial charge in [0.15, 0.2) is 0 Å². The summed E-state index contributed by atoms with van der Waals surface area (Å²) in [5, 5.41) is 12.3. The largest absolute Gasteiger partial charge is 0.508 e. The lowest BCUT2D eigenvalue weighted by atomic mass is 10.0. The van der Waals surface area contributed by atoms with Crippen molar-refractivity contribution in [3.63, 3.8) is 0 Å². The number of phenols is 1. The minimum atomic E-state index is 0.177. The smallest absolute Gasteiger partial charge is 0.220 e. The van der Waals surface area contributed by atoms with Crippen LogP contribution in [-0.2, 0) is 4.79 Å². The summed E-state index contributed by atoms with van der Waals surface area (Å²) in [4.78, 5) is 13.0. The number of phenolic OH excluding ortho intramolecular Hbond substituents is 1. The Balaban J connectivity index is 1.78. The molecule has 0 aromatic heterocycles. The van der Waals surface area contributed by atoms with Crippen LogP contribution in [0.4, 0.5) is 0 Å². The molecule has 0 aliphatic heterocycles. The van der Waals surface area contributed by atoms with E-state index in [1.807, 2.05) is 12.1 Å². The van der Waals surface area contributed by atoms with Crippen LogP contribution in [0.2, 0.25) is 0 Å². The van der Waals surface area contributed by atoms with Gasteiger partial charge in [0.1, 0.15) is 5.75 Å². The second-order valence-electron chi connectivity index (χ2n) is 8.39. The fourth-order valence-corrected chi connectivity index (χ4v) is 4.42. The summed E-state index contributed by atoms with van der Waals surface area (Å²) in [6, 6.07) is 7.18. The summed E-state index contributed by atoms with van der Waals surface area (Å²) in [6.45, 7) is 2.98. The lowest BCUT2D eigenvalue weighted by Gasteiger charge is -2.06. The fraction of sp³-hybridized carbons (Fsp3) is 0.731. The molecule has 0 saturated carbocycles. The predicted molar refractivity (Wildman–Crippen MR) is 131 cm³/mol. The molecule has 1 amide bonds. The zero-order valence-electron chi connectivity index (χ0n) is 19.3. The van der Waals surface area contributed by atoms with E-state index in [1.165, 1.54) is 89.9 Å². The van der Waals surface area contributed by atoms with Crippen molar-refractivity contribution in [1.29, 1.82) is 0 Å². The first kappa shape index (κ1) is 26.9. The molecule has 0 aliphatic carbocycles. The van der Waals surface area contributed by atoms with Crippen LogP contribution in [-0.4, -0.2) is 23.3 Å². The highest BCUT2D eigenvalue weighted by atomic mass is 32.2. The van der Waals surface area contributed by atoms with Gasteiger partial charge in [-0.25, -0.2) is 0 Å². The average molecular weight is 436 g/mol. The maximum absolute atomic E-state index is 11.9. The van der Waals surface area contributed by atoms with Crippen LogP contribution in [0, 0.1) is 0 Å². The van der Waals surface area contributed by atoms with Gasteiger partial charge in [-0.15, -0.1) is 11.8 Å². The molecule has 0 bridgehead atoms. The van der Waals surface area contributed by atoms with Crippen molar-refractivity contribution in [2.75, 3.05) is 12.3 Å². The van der Waals surface area contributed by atoms with Crippen molar-refractivity contribution >= 4 is 17.7 Å².